The van der Waals surface area contributed by atoms with Gasteiger partial charge in [-0.15, -0.1) is 5.10 Å². The van der Waals surface area contributed by atoms with Crippen LogP contribution in [0.1, 0.15) is 39.4 Å². The number of ether oxygens (including phenoxy) is 1. The minimum atomic E-state index is -1.01. The van der Waals surface area contributed by atoms with Gasteiger partial charge in [-0.2, -0.15) is 0 Å². The van der Waals surface area contributed by atoms with Gasteiger partial charge in [0, 0.05) is 0 Å². The third-order valence-corrected chi connectivity index (χ3v) is 4.24. The van der Waals surface area contributed by atoms with Crippen molar-refractivity contribution < 1.29 is 23.8 Å². The Bertz CT molecular complexity index is 986. The molecule has 0 fully saturated rings. The topological polar surface area (TPSA) is 106 Å². The summed E-state index contributed by atoms with van der Waals surface area (Å²) < 4.78 is 19.8. The van der Waals surface area contributed by atoms with Crippen molar-refractivity contribution in [2.45, 2.75) is 19.5 Å². The largest absolute Gasteiger partial charge is 0.492 e. The first-order valence-electron chi connectivity index (χ1n) is 8.85. The van der Waals surface area contributed by atoms with Crippen LogP contribution in [0, 0.1) is 5.82 Å². The minimum absolute atomic E-state index is 0.177. The van der Waals surface area contributed by atoms with Gasteiger partial charge in [0.05, 0.1) is 24.3 Å². The number of aromatic nitrogens is 3. The Balaban J connectivity index is 1.57. The Morgan fingerprint density at radius 3 is 2.52 bits per heavy atom. The Morgan fingerprint density at radius 1 is 1.17 bits per heavy atom. The van der Waals surface area contributed by atoms with Crippen molar-refractivity contribution >= 4 is 11.9 Å². The fraction of sp³-hybridized carbons (Fsp3) is 0.200. The van der Waals surface area contributed by atoms with Crippen LogP contribution in [0.5, 0.6) is 5.75 Å². The van der Waals surface area contributed by atoms with Crippen LogP contribution in [-0.2, 0) is 6.54 Å². The molecule has 8 nitrogen and oxygen atoms in total. The number of carbonyl (C=O) groups excluding carboxylic acids is 1. The van der Waals surface area contributed by atoms with Crippen LogP contribution in [0.25, 0.3) is 0 Å². The average molecular weight is 398 g/mol. The van der Waals surface area contributed by atoms with Gasteiger partial charge >= 0.3 is 5.97 Å². The van der Waals surface area contributed by atoms with Gasteiger partial charge in [0.2, 0.25) is 0 Å². The summed E-state index contributed by atoms with van der Waals surface area (Å²) in [6, 6.07) is 11.6. The van der Waals surface area contributed by atoms with Gasteiger partial charge in [-0.25, -0.2) is 13.9 Å². The van der Waals surface area contributed by atoms with Gasteiger partial charge in [0.15, 0.2) is 0 Å². The molecule has 0 saturated heterocycles. The highest BCUT2D eigenvalue weighted by molar-refractivity contribution is 5.92. The molecule has 2 N–H and O–H groups in total. The number of carbonyl (C=O) groups is 2. The molecule has 3 aromatic rings. The molecule has 1 aromatic heterocycles. The SMILES string of the molecule is C[C@H](NC(=O)c1cnnn1CCOc1ccc(F)cc1)c1ccc(C(=O)O)cc1. The van der Waals surface area contributed by atoms with Crippen LogP contribution in [0.3, 0.4) is 0 Å². The Hall–Kier alpha value is -3.75. The Morgan fingerprint density at radius 2 is 1.86 bits per heavy atom. The van der Waals surface area contributed by atoms with Gasteiger partial charge < -0.3 is 15.2 Å². The normalized spacial score (nSPS) is 11.7. The zero-order chi connectivity index (χ0) is 20.8. The fourth-order valence-corrected chi connectivity index (χ4v) is 2.65. The summed E-state index contributed by atoms with van der Waals surface area (Å²) in [5.74, 6) is -1.21. The lowest BCUT2D eigenvalue weighted by atomic mass is 10.1. The number of carboxylic acids is 1. The van der Waals surface area contributed by atoms with Crippen LogP contribution in [0.2, 0.25) is 0 Å². The van der Waals surface area contributed by atoms with Crippen molar-refractivity contribution in [1.82, 2.24) is 20.3 Å². The second kappa shape index (κ2) is 8.96. The van der Waals surface area contributed by atoms with Gasteiger partial charge in [-0.05, 0) is 48.9 Å². The first-order valence-corrected chi connectivity index (χ1v) is 8.85. The first kappa shape index (κ1) is 20.0. The van der Waals surface area contributed by atoms with Gasteiger partial charge in [0.25, 0.3) is 5.91 Å². The molecular formula is C20H19FN4O4. The molecule has 29 heavy (non-hydrogen) atoms. The van der Waals surface area contributed by atoms with E-state index in [4.69, 9.17) is 9.84 Å². The zero-order valence-electron chi connectivity index (χ0n) is 15.6. The molecule has 0 radical (unpaired) electrons. The van der Waals surface area contributed by atoms with Crippen molar-refractivity contribution in [3.05, 3.63) is 77.4 Å². The molecular weight excluding hydrogens is 379 g/mol. The number of aromatic carboxylic acids is 1. The maximum Gasteiger partial charge on any atom is 0.335 e. The molecule has 0 bridgehead atoms. The molecule has 1 heterocycles. The molecule has 0 aliphatic heterocycles. The van der Waals surface area contributed by atoms with E-state index in [-0.39, 0.29) is 42.2 Å². The summed E-state index contributed by atoms with van der Waals surface area (Å²) in [5, 5.41) is 19.5. The number of rotatable bonds is 8. The van der Waals surface area contributed by atoms with E-state index in [2.05, 4.69) is 15.6 Å². The quantitative estimate of drug-likeness (QED) is 0.604. The summed E-state index contributed by atoms with van der Waals surface area (Å²) in [6.07, 6.45) is 1.35. The molecule has 150 valence electrons. The number of nitrogens with one attached hydrogen (secondary N) is 1. The van der Waals surface area contributed by atoms with E-state index >= 15 is 0 Å². The first-order chi connectivity index (χ1) is 13.9. The molecule has 2 aromatic carbocycles. The highest BCUT2D eigenvalue weighted by atomic mass is 19.1. The number of carboxylic acid groups (broad SMARTS) is 1. The summed E-state index contributed by atoms with van der Waals surface area (Å²) in [6.45, 7) is 2.29. The van der Waals surface area contributed by atoms with Crippen LogP contribution in [-0.4, -0.2) is 38.6 Å². The van der Waals surface area contributed by atoms with E-state index in [1.807, 2.05) is 0 Å². The summed E-state index contributed by atoms with van der Waals surface area (Å²) in [5.41, 5.74) is 1.21. The van der Waals surface area contributed by atoms with E-state index in [0.717, 1.165) is 5.56 Å². The molecule has 9 heteroatoms. The predicted octanol–water partition coefficient (Wildman–Crippen LogP) is 2.69. The van der Waals surface area contributed by atoms with Gasteiger partial charge in [-0.1, -0.05) is 17.3 Å². The predicted molar refractivity (Wildman–Crippen MR) is 101 cm³/mol. The Kier molecular flexibility index (Phi) is 6.18. The Labute approximate surface area is 165 Å². The lowest BCUT2D eigenvalue weighted by molar-refractivity contribution is 0.0696. The minimum Gasteiger partial charge on any atom is -0.492 e. The second-order valence-electron chi connectivity index (χ2n) is 6.27. The van der Waals surface area contributed by atoms with Crippen molar-refractivity contribution in [3.8, 4) is 5.75 Å². The van der Waals surface area contributed by atoms with E-state index in [1.165, 1.54) is 47.3 Å². The van der Waals surface area contributed by atoms with Crippen molar-refractivity contribution in [3.63, 3.8) is 0 Å². The summed E-state index contributed by atoms with van der Waals surface area (Å²) in [7, 11) is 0. The molecule has 1 amide bonds. The number of benzene rings is 2. The fourth-order valence-electron chi connectivity index (χ4n) is 2.65. The number of nitrogens with zero attached hydrogens (tertiary/aromatic N) is 3. The number of hydrogen-bond donors (Lipinski definition) is 2. The van der Waals surface area contributed by atoms with Crippen LogP contribution >= 0.6 is 0 Å². The molecule has 0 saturated carbocycles. The number of hydrogen-bond acceptors (Lipinski definition) is 5. The second-order valence-corrected chi connectivity index (χ2v) is 6.27. The number of amides is 1. The molecule has 3 rings (SSSR count). The van der Waals surface area contributed by atoms with Gasteiger partial charge in [-0.3, -0.25) is 4.79 Å². The average Bonchev–Trinajstić information content (AvgIpc) is 3.18. The lowest BCUT2D eigenvalue weighted by Crippen LogP contribution is -2.29. The third kappa shape index (κ3) is 5.16. The smallest absolute Gasteiger partial charge is 0.335 e. The zero-order valence-corrected chi connectivity index (χ0v) is 15.6. The molecule has 0 spiro atoms. The van der Waals surface area contributed by atoms with Crippen LogP contribution in [0.15, 0.2) is 54.7 Å². The van der Waals surface area contributed by atoms with Crippen molar-refractivity contribution in [1.29, 1.82) is 0 Å². The van der Waals surface area contributed by atoms with E-state index in [1.54, 1.807) is 19.1 Å². The van der Waals surface area contributed by atoms with E-state index < -0.39 is 5.97 Å². The molecule has 1 atom stereocenters. The highest BCUT2D eigenvalue weighted by Crippen LogP contribution is 2.15. The third-order valence-electron chi connectivity index (χ3n) is 4.24. The lowest BCUT2D eigenvalue weighted by Gasteiger charge is -2.15. The van der Waals surface area contributed by atoms with Crippen molar-refractivity contribution in [2.75, 3.05) is 6.61 Å². The van der Waals surface area contributed by atoms with Crippen molar-refractivity contribution in [2.24, 2.45) is 0 Å². The van der Waals surface area contributed by atoms with E-state index in [0.29, 0.717) is 5.75 Å². The van der Waals surface area contributed by atoms with Gasteiger partial charge in [0.1, 0.15) is 23.9 Å². The molecule has 0 aliphatic rings. The van der Waals surface area contributed by atoms with E-state index in [9.17, 15) is 14.0 Å². The molecule has 0 aliphatic carbocycles. The summed E-state index contributed by atoms with van der Waals surface area (Å²) >= 11 is 0. The van der Waals surface area contributed by atoms with Crippen LogP contribution < -0.4 is 10.1 Å². The van der Waals surface area contributed by atoms with Crippen LogP contribution in [0.4, 0.5) is 4.39 Å². The maximum atomic E-state index is 12.9. The monoisotopic (exact) mass is 398 g/mol. The summed E-state index contributed by atoms with van der Waals surface area (Å²) in [4.78, 5) is 23.5. The maximum absolute atomic E-state index is 12.9. The number of halogens is 1. The molecule has 0 unspecified atom stereocenters. The highest BCUT2D eigenvalue weighted by Gasteiger charge is 2.17. The standard InChI is InChI=1S/C20H19FN4O4/c1-13(14-2-4-15(5-3-14)20(27)28)23-19(26)18-12-22-24-25(18)10-11-29-17-8-6-16(21)7-9-17/h2-9,12-13H,10-11H2,1H3,(H,23,26)(H,27,28)/t13-/m0/s1.